The summed E-state index contributed by atoms with van der Waals surface area (Å²) in [6.07, 6.45) is 3.16. The van der Waals surface area contributed by atoms with E-state index in [9.17, 15) is 4.79 Å². The normalized spacial score (nSPS) is 11.1. The van der Waals surface area contributed by atoms with Crippen molar-refractivity contribution < 1.29 is 4.79 Å². The molecule has 14 heavy (non-hydrogen) atoms. The highest BCUT2D eigenvalue weighted by Gasteiger charge is 2.08. The van der Waals surface area contributed by atoms with Crippen LogP contribution in [0, 0.1) is 0 Å². The van der Waals surface area contributed by atoms with Crippen molar-refractivity contribution in [3.63, 3.8) is 0 Å². The largest absolute Gasteiger partial charge is 0.366 e. The fourth-order valence-corrected chi connectivity index (χ4v) is 1.11. The number of aromatic nitrogens is 1. The molecule has 0 radical (unpaired) electrons. The first-order valence-corrected chi connectivity index (χ1v) is 4.45. The molecule has 1 rings (SSSR count). The Kier molecular flexibility index (Phi) is 3.48. The number of primary amides is 1. The molecule has 0 saturated carbocycles. The topological polar surface area (TPSA) is 56.0 Å². The number of rotatable bonds is 3. The molecule has 72 valence electrons. The van der Waals surface area contributed by atoms with Gasteiger partial charge in [-0.2, -0.15) is 0 Å². The van der Waals surface area contributed by atoms with Crippen LogP contribution in [0.5, 0.6) is 0 Å². The SMILES string of the molecule is CC(=S)C=C(C(N)=O)c1ccccn1. The Hall–Kier alpha value is -1.55. The molecule has 0 unspecified atom stereocenters. The van der Waals surface area contributed by atoms with E-state index in [1.807, 2.05) is 0 Å². The molecule has 0 saturated heterocycles. The molecule has 0 aromatic carbocycles. The molecule has 0 bridgehead atoms. The van der Waals surface area contributed by atoms with Crippen LogP contribution in [0.2, 0.25) is 0 Å². The van der Waals surface area contributed by atoms with Crippen molar-refractivity contribution in [2.75, 3.05) is 0 Å². The van der Waals surface area contributed by atoms with Crippen LogP contribution in [0.15, 0.2) is 30.5 Å². The second kappa shape index (κ2) is 4.62. The van der Waals surface area contributed by atoms with Gasteiger partial charge in [0.15, 0.2) is 0 Å². The fourth-order valence-electron chi connectivity index (χ4n) is 0.997. The van der Waals surface area contributed by atoms with E-state index in [2.05, 4.69) is 4.98 Å². The summed E-state index contributed by atoms with van der Waals surface area (Å²) in [6, 6.07) is 5.28. The molecule has 2 N–H and O–H groups in total. The molecule has 4 heteroatoms. The lowest BCUT2D eigenvalue weighted by molar-refractivity contribution is -0.112. The standard InChI is InChI=1S/C10H10N2OS/c1-7(14)6-8(10(11)13)9-4-2-3-5-12-9/h2-6H,1H3,(H2,11,13). The van der Waals surface area contributed by atoms with Crippen LogP contribution in [0.1, 0.15) is 12.6 Å². The molecular formula is C10H10N2OS. The minimum Gasteiger partial charge on any atom is -0.366 e. The first-order chi connectivity index (χ1) is 6.61. The van der Waals surface area contributed by atoms with Crippen LogP contribution in [0.4, 0.5) is 0 Å². The summed E-state index contributed by atoms with van der Waals surface area (Å²) in [5.41, 5.74) is 6.10. The van der Waals surface area contributed by atoms with Gasteiger partial charge in [0.1, 0.15) is 0 Å². The minimum absolute atomic E-state index is 0.345. The molecule has 3 nitrogen and oxygen atoms in total. The van der Waals surface area contributed by atoms with Crippen LogP contribution in [-0.4, -0.2) is 15.8 Å². The minimum atomic E-state index is -0.520. The number of nitrogens with zero attached hydrogens (tertiary/aromatic N) is 1. The van der Waals surface area contributed by atoms with Crippen molar-refractivity contribution in [3.05, 3.63) is 36.2 Å². The van der Waals surface area contributed by atoms with Gasteiger partial charge in [-0.25, -0.2) is 0 Å². The molecule has 1 heterocycles. The van der Waals surface area contributed by atoms with E-state index in [1.54, 1.807) is 37.4 Å². The Labute approximate surface area is 87.6 Å². The van der Waals surface area contributed by atoms with E-state index < -0.39 is 5.91 Å². The van der Waals surface area contributed by atoms with Gasteiger partial charge >= 0.3 is 0 Å². The van der Waals surface area contributed by atoms with E-state index in [0.717, 1.165) is 0 Å². The lowest BCUT2D eigenvalue weighted by Gasteiger charge is -2.01. The molecule has 0 aliphatic carbocycles. The van der Waals surface area contributed by atoms with Gasteiger partial charge in [0.05, 0.1) is 11.3 Å². The maximum absolute atomic E-state index is 11.1. The van der Waals surface area contributed by atoms with Crippen molar-refractivity contribution in [2.24, 2.45) is 5.73 Å². The summed E-state index contributed by atoms with van der Waals surface area (Å²) in [4.78, 5) is 15.7. The molecule has 1 amide bonds. The van der Waals surface area contributed by atoms with Gasteiger partial charge in [-0.15, -0.1) is 0 Å². The Bertz CT molecular complexity index is 384. The Balaban J connectivity index is 3.14. The molecule has 1 aromatic rings. The number of nitrogens with two attached hydrogens (primary N) is 1. The Morgan fingerprint density at radius 3 is 2.71 bits per heavy atom. The number of pyridine rings is 1. The molecule has 0 aliphatic rings. The lowest BCUT2D eigenvalue weighted by Crippen LogP contribution is -2.14. The average molecular weight is 206 g/mol. The zero-order valence-electron chi connectivity index (χ0n) is 7.73. The summed E-state index contributed by atoms with van der Waals surface area (Å²) < 4.78 is 0. The highest BCUT2D eigenvalue weighted by molar-refractivity contribution is 7.80. The van der Waals surface area contributed by atoms with Crippen molar-refractivity contribution in [2.45, 2.75) is 6.92 Å². The number of carbonyl (C=O) groups excluding carboxylic acids is 1. The van der Waals surface area contributed by atoms with Gasteiger partial charge in [-0.05, 0) is 25.1 Å². The van der Waals surface area contributed by atoms with E-state index >= 15 is 0 Å². The van der Waals surface area contributed by atoms with Gasteiger partial charge in [0, 0.05) is 11.1 Å². The number of allylic oxidation sites excluding steroid dienone is 1. The maximum Gasteiger partial charge on any atom is 0.250 e. The predicted octanol–water partition coefficient (Wildman–Crippen LogP) is 1.34. The average Bonchev–Trinajstić information content (AvgIpc) is 2.15. The fraction of sp³-hybridized carbons (Fsp3) is 0.100. The van der Waals surface area contributed by atoms with Crippen molar-refractivity contribution in [1.29, 1.82) is 0 Å². The van der Waals surface area contributed by atoms with Gasteiger partial charge in [-0.3, -0.25) is 9.78 Å². The third-order valence-corrected chi connectivity index (χ3v) is 1.67. The van der Waals surface area contributed by atoms with E-state index in [4.69, 9.17) is 18.0 Å². The number of thiocarbonyl (C=S) groups is 1. The second-order valence-electron chi connectivity index (χ2n) is 2.75. The zero-order chi connectivity index (χ0) is 10.6. The summed E-state index contributed by atoms with van der Waals surface area (Å²) in [5.74, 6) is -0.520. The summed E-state index contributed by atoms with van der Waals surface area (Å²) in [5, 5.41) is 0. The molecule has 0 atom stereocenters. The second-order valence-corrected chi connectivity index (χ2v) is 3.39. The maximum atomic E-state index is 11.1. The molecule has 0 spiro atoms. The number of amides is 1. The number of hydrogen-bond donors (Lipinski definition) is 1. The molecular weight excluding hydrogens is 196 g/mol. The monoisotopic (exact) mass is 206 g/mol. The highest BCUT2D eigenvalue weighted by atomic mass is 32.1. The van der Waals surface area contributed by atoms with Crippen molar-refractivity contribution in [1.82, 2.24) is 4.98 Å². The van der Waals surface area contributed by atoms with Crippen molar-refractivity contribution >= 4 is 28.6 Å². The summed E-state index contributed by atoms with van der Waals surface area (Å²) in [6.45, 7) is 1.72. The van der Waals surface area contributed by atoms with Crippen LogP contribution >= 0.6 is 12.2 Å². The number of carbonyl (C=O) groups is 1. The van der Waals surface area contributed by atoms with E-state index in [1.165, 1.54) is 0 Å². The summed E-state index contributed by atoms with van der Waals surface area (Å²) >= 11 is 4.88. The number of hydrogen-bond acceptors (Lipinski definition) is 3. The van der Waals surface area contributed by atoms with Crippen LogP contribution in [0.3, 0.4) is 0 Å². The van der Waals surface area contributed by atoms with Gasteiger partial charge in [0.25, 0.3) is 5.91 Å². The van der Waals surface area contributed by atoms with E-state index in [-0.39, 0.29) is 0 Å². The highest BCUT2D eigenvalue weighted by Crippen LogP contribution is 2.10. The van der Waals surface area contributed by atoms with E-state index in [0.29, 0.717) is 16.1 Å². The zero-order valence-corrected chi connectivity index (χ0v) is 8.54. The van der Waals surface area contributed by atoms with Gasteiger partial charge < -0.3 is 5.73 Å². The van der Waals surface area contributed by atoms with Gasteiger partial charge in [0.2, 0.25) is 0 Å². The van der Waals surface area contributed by atoms with Crippen LogP contribution in [0.25, 0.3) is 5.57 Å². The van der Waals surface area contributed by atoms with Crippen molar-refractivity contribution in [3.8, 4) is 0 Å². The Morgan fingerprint density at radius 2 is 2.29 bits per heavy atom. The quantitative estimate of drug-likeness (QED) is 0.599. The van der Waals surface area contributed by atoms with Gasteiger partial charge in [-0.1, -0.05) is 18.3 Å². The first kappa shape index (κ1) is 10.5. The smallest absolute Gasteiger partial charge is 0.250 e. The van der Waals surface area contributed by atoms with Crippen LogP contribution < -0.4 is 5.73 Å². The summed E-state index contributed by atoms with van der Waals surface area (Å²) in [7, 11) is 0. The van der Waals surface area contributed by atoms with Crippen LogP contribution in [-0.2, 0) is 4.79 Å². The third kappa shape index (κ3) is 2.74. The lowest BCUT2D eigenvalue weighted by atomic mass is 10.1. The molecule has 0 fully saturated rings. The molecule has 0 aliphatic heterocycles. The third-order valence-electron chi connectivity index (χ3n) is 1.55. The molecule has 1 aromatic heterocycles. The first-order valence-electron chi connectivity index (χ1n) is 4.04. The predicted molar refractivity (Wildman–Crippen MR) is 59.7 cm³/mol. The Morgan fingerprint density at radius 1 is 1.57 bits per heavy atom.